The topological polar surface area (TPSA) is 29.4 Å². The van der Waals surface area contributed by atoms with E-state index < -0.39 is 7.29 Å². The average molecular weight is 147 g/mol. The van der Waals surface area contributed by atoms with Gasteiger partial charge in [0.2, 0.25) is 7.29 Å². The Hall–Kier alpha value is -0.230. The maximum atomic E-state index is 10.8. The standard InChI is InChI=1S/C4H6NOPS/c1-3-7(2,6)5-4-8/h3H,1H2,2H3. The van der Waals surface area contributed by atoms with Crippen LogP contribution in [0.2, 0.25) is 0 Å². The van der Waals surface area contributed by atoms with Gasteiger partial charge in [0.05, 0.1) is 5.16 Å². The number of nitrogens with zero attached hydrogens (tertiary/aromatic N) is 1. The van der Waals surface area contributed by atoms with Crippen molar-refractivity contribution in [2.75, 3.05) is 6.66 Å². The first kappa shape index (κ1) is 7.77. The van der Waals surface area contributed by atoms with Crippen LogP contribution in [0.3, 0.4) is 0 Å². The quantitative estimate of drug-likeness (QED) is 0.340. The molecule has 0 heterocycles. The minimum Gasteiger partial charge on any atom is -0.294 e. The van der Waals surface area contributed by atoms with Gasteiger partial charge in [-0.1, -0.05) is 6.58 Å². The van der Waals surface area contributed by atoms with Crippen LogP contribution in [0.1, 0.15) is 0 Å². The summed E-state index contributed by atoms with van der Waals surface area (Å²) in [5.41, 5.74) is 0. The molecule has 0 rings (SSSR count). The van der Waals surface area contributed by atoms with Crippen LogP contribution in [0.4, 0.5) is 0 Å². The maximum absolute atomic E-state index is 10.8. The van der Waals surface area contributed by atoms with Gasteiger partial charge in [0, 0.05) is 6.66 Å². The fourth-order valence-corrected chi connectivity index (χ4v) is 0.852. The normalized spacial score (nSPS) is 15.6. The van der Waals surface area contributed by atoms with Crippen LogP contribution in [-0.2, 0) is 4.57 Å². The van der Waals surface area contributed by atoms with Gasteiger partial charge < -0.3 is 0 Å². The molecule has 0 amide bonds. The lowest BCUT2D eigenvalue weighted by Crippen LogP contribution is -1.61. The average Bonchev–Trinajstić information content (AvgIpc) is 1.67. The molecule has 8 heavy (non-hydrogen) atoms. The summed E-state index contributed by atoms with van der Waals surface area (Å²) in [7, 11) is -2.50. The van der Waals surface area contributed by atoms with Gasteiger partial charge in [-0.15, -0.1) is 0 Å². The Bertz CT molecular complexity index is 182. The lowest BCUT2D eigenvalue weighted by molar-refractivity contribution is 0.585. The molecule has 0 saturated carbocycles. The molecule has 0 aromatic carbocycles. The van der Waals surface area contributed by atoms with E-state index in [0.717, 1.165) is 0 Å². The van der Waals surface area contributed by atoms with Crippen LogP contribution >= 0.6 is 19.5 Å². The highest BCUT2D eigenvalue weighted by Crippen LogP contribution is 2.42. The van der Waals surface area contributed by atoms with Crippen molar-refractivity contribution in [3.05, 3.63) is 12.4 Å². The first-order valence-corrected chi connectivity index (χ1v) is 4.51. The fraction of sp³-hybridized carbons (Fsp3) is 0.250. The van der Waals surface area contributed by atoms with E-state index in [4.69, 9.17) is 0 Å². The molecule has 2 nitrogen and oxygen atoms in total. The van der Waals surface area contributed by atoms with Gasteiger partial charge in [-0.05, 0) is 18.0 Å². The van der Waals surface area contributed by atoms with Gasteiger partial charge in [0.15, 0.2) is 0 Å². The molecule has 1 unspecified atom stereocenters. The Labute approximate surface area is 53.7 Å². The van der Waals surface area contributed by atoms with Crippen molar-refractivity contribution in [2.45, 2.75) is 0 Å². The molecular formula is C4H6NOPS. The van der Waals surface area contributed by atoms with E-state index in [1.807, 2.05) is 5.16 Å². The maximum Gasteiger partial charge on any atom is 0.217 e. The fourth-order valence-electron chi connectivity index (χ4n) is 0.122. The SMILES string of the molecule is C=CP(C)(=O)N=C=S. The smallest absolute Gasteiger partial charge is 0.217 e. The molecule has 1 atom stereocenters. The van der Waals surface area contributed by atoms with E-state index in [2.05, 4.69) is 23.6 Å². The molecule has 0 spiro atoms. The first-order valence-electron chi connectivity index (χ1n) is 1.92. The van der Waals surface area contributed by atoms with Crippen LogP contribution in [0.25, 0.3) is 0 Å². The van der Waals surface area contributed by atoms with Crippen molar-refractivity contribution in [2.24, 2.45) is 4.76 Å². The summed E-state index contributed by atoms with van der Waals surface area (Å²) in [5.74, 6) is 1.28. The van der Waals surface area contributed by atoms with Gasteiger partial charge >= 0.3 is 0 Å². The molecule has 0 N–H and O–H groups in total. The first-order chi connectivity index (χ1) is 3.62. The summed E-state index contributed by atoms with van der Waals surface area (Å²) < 4.78 is 14.1. The van der Waals surface area contributed by atoms with Crippen molar-refractivity contribution in [1.82, 2.24) is 0 Å². The third kappa shape index (κ3) is 2.86. The minimum absolute atomic E-state index is 1.28. The van der Waals surface area contributed by atoms with E-state index >= 15 is 0 Å². The summed E-state index contributed by atoms with van der Waals surface area (Å²) in [6, 6.07) is 0. The molecule has 0 saturated heterocycles. The predicted octanol–water partition coefficient (Wildman–Crippen LogP) is 2.14. The van der Waals surface area contributed by atoms with E-state index in [0.29, 0.717) is 0 Å². The third-order valence-electron chi connectivity index (χ3n) is 0.578. The Morgan fingerprint density at radius 1 is 2.00 bits per heavy atom. The molecule has 0 aliphatic heterocycles. The zero-order chi connectivity index (χ0) is 6.62. The highest BCUT2D eigenvalue weighted by Gasteiger charge is 2.02. The van der Waals surface area contributed by atoms with Crippen LogP contribution < -0.4 is 0 Å². The molecular weight excluding hydrogens is 141 g/mol. The molecule has 0 aromatic rings. The summed E-state index contributed by atoms with van der Waals surface area (Å²) in [4.78, 5) is 0. The number of hydrogen-bond acceptors (Lipinski definition) is 2. The largest absolute Gasteiger partial charge is 0.294 e. The summed E-state index contributed by atoms with van der Waals surface area (Å²) in [6.07, 6.45) is 0. The van der Waals surface area contributed by atoms with Crippen molar-refractivity contribution < 1.29 is 4.57 Å². The molecule has 44 valence electrons. The molecule has 0 radical (unpaired) electrons. The third-order valence-corrected chi connectivity index (χ3v) is 1.98. The second-order valence-electron chi connectivity index (χ2n) is 1.32. The van der Waals surface area contributed by atoms with Gasteiger partial charge in [-0.3, -0.25) is 4.57 Å². The summed E-state index contributed by atoms with van der Waals surface area (Å²) in [6.45, 7) is 4.78. The second-order valence-corrected chi connectivity index (χ2v) is 3.95. The van der Waals surface area contributed by atoms with Crippen LogP contribution in [-0.4, -0.2) is 11.8 Å². The molecule has 0 aliphatic carbocycles. The van der Waals surface area contributed by atoms with Crippen molar-refractivity contribution in [3.63, 3.8) is 0 Å². The number of rotatable bonds is 2. The zero-order valence-electron chi connectivity index (χ0n) is 4.50. The van der Waals surface area contributed by atoms with Gasteiger partial charge in [-0.25, -0.2) is 0 Å². The monoisotopic (exact) mass is 147 g/mol. The molecule has 0 aliphatic rings. The number of thiocarbonyl (C=S) groups is 1. The Morgan fingerprint density at radius 2 is 2.50 bits per heavy atom. The number of hydrogen-bond donors (Lipinski definition) is 0. The van der Waals surface area contributed by atoms with Gasteiger partial charge in [0.25, 0.3) is 0 Å². The molecule has 0 aromatic heterocycles. The minimum atomic E-state index is -2.50. The predicted molar refractivity (Wildman–Crippen MR) is 38.8 cm³/mol. The highest BCUT2D eigenvalue weighted by molar-refractivity contribution is 7.79. The van der Waals surface area contributed by atoms with Gasteiger partial charge in [-0.2, -0.15) is 4.76 Å². The van der Waals surface area contributed by atoms with Crippen molar-refractivity contribution in [1.29, 1.82) is 0 Å². The lowest BCUT2D eigenvalue weighted by Gasteiger charge is -1.91. The van der Waals surface area contributed by atoms with Crippen LogP contribution in [0.5, 0.6) is 0 Å². The van der Waals surface area contributed by atoms with E-state index in [1.54, 1.807) is 0 Å². The molecule has 0 fully saturated rings. The Kier molecular flexibility index (Phi) is 2.85. The van der Waals surface area contributed by atoms with E-state index in [9.17, 15) is 4.57 Å². The Morgan fingerprint density at radius 3 is 2.62 bits per heavy atom. The summed E-state index contributed by atoms with van der Waals surface area (Å²) in [5, 5.41) is 2.03. The van der Waals surface area contributed by atoms with Crippen molar-refractivity contribution >= 4 is 24.7 Å². The van der Waals surface area contributed by atoms with E-state index in [1.165, 1.54) is 12.5 Å². The highest BCUT2D eigenvalue weighted by atomic mass is 32.1. The van der Waals surface area contributed by atoms with E-state index in [-0.39, 0.29) is 0 Å². The van der Waals surface area contributed by atoms with Crippen LogP contribution in [0.15, 0.2) is 17.2 Å². The van der Waals surface area contributed by atoms with Crippen LogP contribution in [0, 0.1) is 0 Å². The molecule has 4 heteroatoms. The van der Waals surface area contributed by atoms with Gasteiger partial charge in [0.1, 0.15) is 0 Å². The Balaban J connectivity index is 4.38. The van der Waals surface area contributed by atoms with Crippen molar-refractivity contribution in [3.8, 4) is 0 Å². The summed E-state index contributed by atoms with van der Waals surface area (Å²) >= 11 is 4.23. The molecule has 0 bridgehead atoms. The zero-order valence-corrected chi connectivity index (χ0v) is 6.21. The second kappa shape index (κ2) is 2.93. The number of isothiocyanates is 1. The lowest BCUT2D eigenvalue weighted by atomic mass is 11.3.